The quantitative estimate of drug-likeness (QED) is 0.0562. The van der Waals surface area contributed by atoms with E-state index in [-0.39, 0.29) is 80.0 Å². The zero-order valence-electron chi connectivity index (χ0n) is 32.9. The minimum absolute atomic E-state index is 0.0630. The predicted octanol–water partition coefficient (Wildman–Crippen LogP) is 3.00. The molecule has 1 amide bonds. The summed E-state index contributed by atoms with van der Waals surface area (Å²) < 4.78 is 37.5. The molecule has 0 radical (unpaired) electrons. The number of aromatic nitrogens is 1. The van der Waals surface area contributed by atoms with Crippen molar-refractivity contribution in [3.05, 3.63) is 93.6 Å². The fraction of sp³-hybridized carbons (Fsp3) is 0.293. The van der Waals surface area contributed by atoms with Crippen molar-refractivity contribution in [1.82, 2.24) is 10.3 Å². The van der Waals surface area contributed by atoms with Gasteiger partial charge in [0.15, 0.2) is 16.8 Å². The Hall–Kier alpha value is -7.37. The summed E-state index contributed by atoms with van der Waals surface area (Å²) in [6, 6.07) is 16.9. The number of rotatable bonds is 18. The lowest BCUT2D eigenvalue weighted by Crippen LogP contribution is -2.36. The summed E-state index contributed by atoms with van der Waals surface area (Å²) in [6.45, 7) is 0.324. The van der Waals surface area contributed by atoms with Gasteiger partial charge >= 0.3 is 23.9 Å². The van der Waals surface area contributed by atoms with E-state index in [0.717, 1.165) is 5.56 Å². The maximum atomic E-state index is 13.6. The summed E-state index contributed by atoms with van der Waals surface area (Å²) >= 11 is 0. The van der Waals surface area contributed by atoms with Gasteiger partial charge in [-0.2, -0.15) is 0 Å². The van der Waals surface area contributed by atoms with Gasteiger partial charge in [0, 0.05) is 12.6 Å². The highest BCUT2D eigenvalue weighted by Gasteiger charge is 2.25. The number of methoxy groups -OCH3 is 4. The fourth-order valence-corrected chi connectivity index (χ4v) is 5.83. The van der Waals surface area contributed by atoms with Crippen LogP contribution in [0.25, 0.3) is 22.6 Å². The first-order valence-electron chi connectivity index (χ1n) is 17.9. The third-order valence-corrected chi connectivity index (χ3v) is 8.79. The Kier molecular flexibility index (Phi) is 14.3. The number of nitrogens with one attached hydrogen (secondary N) is 1. The minimum Gasteiger partial charge on any atom is -0.508 e. The number of fused-ring (bicyclic) bond motifs is 2. The molecule has 18 nitrogen and oxygen atoms in total. The standard InChI is InChI=1S/C41H42N4O14/c1-24-6-11-29(44(20-35(48)53-2)21-36(49)54-3)33(16-24)57-14-15-58-34-17-25(7-12-30(34)45(22-37(50)55-4)23-38(51)56-5)19-42-41(52)39-31(47)13-10-28-40(39)59-32-18-26(46)8-9-27(32)43-28/h6-13,16-18,46H,14-15,19-23H2,1-5H3,(H,42,52). The molecule has 18 heteroatoms. The van der Waals surface area contributed by atoms with Crippen LogP contribution >= 0.6 is 0 Å². The number of aryl methyl sites for hydroxylation is 1. The molecular weight excluding hydrogens is 772 g/mol. The van der Waals surface area contributed by atoms with E-state index in [1.807, 2.05) is 6.92 Å². The molecule has 0 saturated carbocycles. The Morgan fingerprint density at radius 1 is 0.695 bits per heavy atom. The molecule has 0 fully saturated rings. The molecule has 0 bridgehead atoms. The maximum absolute atomic E-state index is 13.6. The number of hydrogen-bond acceptors (Lipinski definition) is 17. The molecule has 0 atom stereocenters. The molecule has 3 aromatic rings. The maximum Gasteiger partial charge on any atom is 0.325 e. The number of esters is 4. The van der Waals surface area contributed by atoms with E-state index >= 15 is 0 Å². The number of nitrogens with zero attached hydrogens (tertiary/aromatic N) is 3. The van der Waals surface area contributed by atoms with Crippen molar-refractivity contribution < 1.29 is 61.9 Å². The van der Waals surface area contributed by atoms with Crippen LogP contribution in [0.1, 0.15) is 21.5 Å². The molecule has 310 valence electrons. The summed E-state index contributed by atoms with van der Waals surface area (Å²) in [5, 5.41) is 12.7. The highest BCUT2D eigenvalue weighted by molar-refractivity contribution is 6.00. The largest absolute Gasteiger partial charge is 0.508 e. The SMILES string of the molecule is COC(=O)CN(CC(=O)OC)c1ccc(C)cc1OCCOc1cc(CNC(=O)c2c3oc4cc(O)ccc4nc-3ccc2=O)ccc1N(CC(=O)OC)CC(=O)OC. The molecule has 0 saturated heterocycles. The van der Waals surface area contributed by atoms with E-state index in [4.69, 9.17) is 32.8 Å². The van der Waals surface area contributed by atoms with Crippen LogP contribution < -0.4 is 30.0 Å². The molecule has 0 unspecified atom stereocenters. The summed E-state index contributed by atoms with van der Waals surface area (Å²) in [6.07, 6.45) is 0. The molecule has 59 heavy (non-hydrogen) atoms. The van der Waals surface area contributed by atoms with Gasteiger partial charge in [-0.3, -0.25) is 28.8 Å². The normalized spacial score (nSPS) is 10.7. The van der Waals surface area contributed by atoms with Crippen LogP contribution in [0, 0.1) is 6.92 Å². The smallest absolute Gasteiger partial charge is 0.325 e. The average Bonchev–Trinajstić information content (AvgIpc) is 3.22. The second-order valence-corrected chi connectivity index (χ2v) is 12.8. The van der Waals surface area contributed by atoms with Gasteiger partial charge in [0.1, 0.15) is 73.4 Å². The summed E-state index contributed by atoms with van der Waals surface area (Å²) in [5.41, 5.74) is 1.95. The Bertz CT molecular complexity index is 2340. The topological polar surface area (TPSA) is 223 Å². The number of benzene rings is 4. The number of aromatic hydroxyl groups is 1. The highest BCUT2D eigenvalue weighted by Crippen LogP contribution is 2.33. The Balaban J connectivity index is 1.41. The number of amides is 1. The van der Waals surface area contributed by atoms with Crippen molar-refractivity contribution in [3.8, 4) is 28.7 Å². The molecule has 5 rings (SSSR count). The van der Waals surface area contributed by atoms with E-state index in [0.29, 0.717) is 28.2 Å². The molecule has 0 aromatic heterocycles. The molecular formula is C41H42N4O14. The third-order valence-electron chi connectivity index (χ3n) is 8.79. The zero-order chi connectivity index (χ0) is 42.6. The number of hydrogen-bond donors (Lipinski definition) is 2. The molecule has 0 spiro atoms. The Morgan fingerprint density at radius 3 is 1.80 bits per heavy atom. The first-order valence-corrected chi connectivity index (χ1v) is 17.9. The lowest BCUT2D eigenvalue weighted by molar-refractivity contribution is -0.141. The summed E-state index contributed by atoms with van der Waals surface area (Å²) in [4.78, 5) is 83.2. The van der Waals surface area contributed by atoms with Gasteiger partial charge in [-0.1, -0.05) is 12.1 Å². The van der Waals surface area contributed by atoms with Crippen molar-refractivity contribution in [2.24, 2.45) is 0 Å². The average molecular weight is 815 g/mol. The number of phenols is 1. The van der Waals surface area contributed by atoms with Crippen molar-refractivity contribution in [1.29, 1.82) is 0 Å². The van der Waals surface area contributed by atoms with Gasteiger partial charge in [-0.15, -0.1) is 0 Å². The van der Waals surface area contributed by atoms with Crippen molar-refractivity contribution in [2.45, 2.75) is 13.5 Å². The van der Waals surface area contributed by atoms with Gasteiger partial charge < -0.3 is 53.1 Å². The molecule has 3 aromatic carbocycles. The van der Waals surface area contributed by atoms with Crippen LogP contribution in [0.4, 0.5) is 11.4 Å². The lowest BCUT2D eigenvalue weighted by atomic mass is 10.1. The van der Waals surface area contributed by atoms with E-state index in [1.165, 1.54) is 62.5 Å². The van der Waals surface area contributed by atoms with Gasteiger partial charge in [0.25, 0.3) is 5.91 Å². The lowest BCUT2D eigenvalue weighted by Gasteiger charge is -2.26. The van der Waals surface area contributed by atoms with Gasteiger partial charge in [0.05, 0.1) is 39.8 Å². The van der Waals surface area contributed by atoms with Crippen molar-refractivity contribution in [3.63, 3.8) is 0 Å². The third kappa shape index (κ3) is 10.9. The Morgan fingerprint density at radius 2 is 1.24 bits per heavy atom. The van der Waals surface area contributed by atoms with Crippen LogP contribution in [0.5, 0.6) is 17.2 Å². The molecule has 2 N–H and O–H groups in total. The van der Waals surface area contributed by atoms with E-state index in [1.54, 1.807) is 42.5 Å². The predicted molar refractivity (Wildman–Crippen MR) is 211 cm³/mol. The minimum atomic E-state index is -0.758. The molecule has 1 heterocycles. The van der Waals surface area contributed by atoms with E-state index in [2.05, 4.69) is 10.3 Å². The van der Waals surface area contributed by atoms with Crippen LogP contribution in [0.2, 0.25) is 0 Å². The van der Waals surface area contributed by atoms with Crippen molar-refractivity contribution >= 4 is 52.3 Å². The summed E-state index contributed by atoms with van der Waals surface area (Å²) in [7, 11) is 4.87. The molecule has 2 aliphatic rings. The van der Waals surface area contributed by atoms with Gasteiger partial charge in [-0.25, -0.2) is 4.98 Å². The van der Waals surface area contributed by atoms with E-state index < -0.39 is 35.2 Å². The number of ether oxygens (including phenoxy) is 6. The number of anilines is 2. The number of carbonyl (C=O) groups excluding carboxylic acids is 5. The first-order chi connectivity index (χ1) is 28.3. The van der Waals surface area contributed by atoms with E-state index in [9.17, 15) is 33.9 Å². The molecule has 1 aliphatic heterocycles. The Labute approximate surface area is 337 Å². The van der Waals surface area contributed by atoms with Crippen LogP contribution in [-0.4, -0.2) is 108 Å². The highest BCUT2D eigenvalue weighted by atomic mass is 16.5. The second kappa shape index (κ2) is 19.7. The van der Waals surface area contributed by atoms with Crippen LogP contribution in [0.3, 0.4) is 0 Å². The zero-order valence-corrected chi connectivity index (χ0v) is 32.9. The first kappa shape index (κ1) is 42.8. The molecule has 1 aliphatic carbocycles. The van der Waals surface area contributed by atoms with Crippen LogP contribution in [0.15, 0.2) is 75.9 Å². The van der Waals surface area contributed by atoms with Gasteiger partial charge in [-0.05, 0) is 66.6 Å². The van der Waals surface area contributed by atoms with Gasteiger partial charge in [0.2, 0.25) is 0 Å². The number of carbonyl (C=O) groups is 5. The summed E-state index contributed by atoms with van der Waals surface area (Å²) in [5.74, 6) is -2.90. The van der Waals surface area contributed by atoms with Crippen molar-refractivity contribution in [2.75, 3.05) is 77.6 Å². The monoisotopic (exact) mass is 814 g/mol. The second-order valence-electron chi connectivity index (χ2n) is 12.8. The fourth-order valence-electron chi connectivity index (χ4n) is 5.83. The number of phenolic OH excluding ortho intramolecular Hbond substituents is 1. The van der Waals surface area contributed by atoms with Crippen LogP contribution in [-0.2, 0) is 44.7 Å².